The molecule has 0 unspecified atom stereocenters. The lowest BCUT2D eigenvalue weighted by Crippen LogP contribution is -2.48. The molecule has 0 heterocycles. The standard InChI is InChI=1S/C16H23NO4/c1-9-6-10(2)13(11(3)7-9)8-14(18)17-15(16(19)20)12(4)21-5/h6-7,12,15H,8H2,1-5H3,(H,17,18)(H,19,20)/t12-,15+/m1/s1. The fourth-order valence-corrected chi connectivity index (χ4v) is 2.39. The van der Waals surface area contributed by atoms with E-state index in [0.717, 1.165) is 22.3 Å². The Morgan fingerprint density at radius 3 is 2.19 bits per heavy atom. The van der Waals surface area contributed by atoms with E-state index in [4.69, 9.17) is 9.84 Å². The van der Waals surface area contributed by atoms with Gasteiger partial charge in [0.15, 0.2) is 6.04 Å². The highest BCUT2D eigenvalue weighted by Crippen LogP contribution is 2.17. The molecule has 0 fully saturated rings. The molecule has 0 spiro atoms. The van der Waals surface area contributed by atoms with Crippen LogP contribution < -0.4 is 5.32 Å². The second kappa shape index (κ2) is 7.22. The first-order valence-corrected chi connectivity index (χ1v) is 6.88. The number of ether oxygens (including phenoxy) is 1. The highest BCUT2D eigenvalue weighted by Gasteiger charge is 2.26. The monoisotopic (exact) mass is 293 g/mol. The Kier molecular flexibility index (Phi) is 5.90. The summed E-state index contributed by atoms with van der Waals surface area (Å²) in [7, 11) is 1.42. The molecule has 2 atom stereocenters. The maximum Gasteiger partial charge on any atom is 0.328 e. The van der Waals surface area contributed by atoms with Gasteiger partial charge in [0.05, 0.1) is 12.5 Å². The summed E-state index contributed by atoms with van der Waals surface area (Å²) in [4.78, 5) is 23.3. The topological polar surface area (TPSA) is 75.6 Å². The number of aryl methyl sites for hydroxylation is 3. The van der Waals surface area contributed by atoms with Crippen LogP contribution in [0.3, 0.4) is 0 Å². The maximum absolute atomic E-state index is 12.1. The van der Waals surface area contributed by atoms with Gasteiger partial charge in [-0.05, 0) is 44.4 Å². The van der Waals surface area contributed by atoms with Gasteiger partial charge in [-0.15, -0.1) is 0 Å². The van der Waals surface area contributed by atoms with Gasteiger partial charge in [0, 0.05) is 7.11 Å². The number of hydrogen-bond donors (Lipinski definition) is 2. The van der Waals surface area contributed by atoms with Crippen molar-refractivity contribution < 1.29 is 19.4 Å². The van der Waals surface area contributed by atoms with Crippen molar-refractivity contribution >= 4 is 11.9 Å². The van der Waals surface area contributed by atoms with Crippen molar-refractivity contribution in [1.29, 1.82) is 0 Å². The second-order valence-corrected chi connectivity index (χ2v) is 5.38. The Balaban J connectivity index is 2.84. The smallest absolute Gasteiger partial charge is 0.328 e. The molecule has 0 aliphatic rings. The van der Waals surface area contributed by atoms with Gasteiger partial charge in [0.2, 0.25) is 5.91 Å². The van der Waals surface area contributed by atoms with Crippen LogP contribution in [0.4, 0.5) is 0 Å². The molecule has 0 saturated heterocycles. The summed E-state index contributed by atoms with van der Waals surface area (Å²) in [5.74, 6) is -1.42. The van der Waals surface area contributed by atoms with Gasteiger partial charge in [-0.1, -0.05) is 17.7 Å². The van der Waals surface area contributed by atoms with Gasteiger partial charge in [-0.3, -0.25) is 4.79 Å². The zero-order chi connectivity index (χ0) is 16.2. The van der Waals surface area contributed by atoms with Crippen molar-refractivity contribution in [2.24, 2.45) is 0 Å². The number of carbonyl (C=O) groups excluding carboxylic acids is 1. The van der Waals surface area contributed by atoms with Gasteiger partial charge in [0.25, 0.3) is 0 Å². The number of rotatable bonds is 6. The molecular formula is C16H23NO4. The van der Waals surface area contributed by atoms with Crippen LogP contribution in [-0.2, 0) is 20.7 Å². The lowest BCUT2D eigenvalue weighted by atomic mass is 9.97. The molecule has 5 nitrogen and oxygen atoms in total. The Morgan fingerprint density at radius 2 is 1.76 bits per heavy atom. The summed E-state index contributed by atoms with van der Waals surface area (Å²) in [5, 5.41) is 11.7. The van der Waals surface area contributed by atoms with E-state index in [0.29, 0.717) is 0 Å². The second-order valence-electron chi connectivity index (χ2n) is 5.38. The normalized spacial score (nSPS) is 13.6. The van der Waals surface area contributed by atoms with E-state index in [1.807, 2.05) is 32.9 Å². The zero-order valence-corrected chi connectivity index (χ0v) is 13.2. The van der Waals surface area contributed by atoms with Crippen LogP contribution >= 0.6 is 0 Å². The summed E-state index contributed by atoms with van der Waals surface area (Å²) < 4.78 is 4.99. The fourth-order valence-electron chi connectivity index (χ4n) is 2.39. The largest absolute Gasteiger partial charge is 0.480 e. The van der Waals surface area contributed by atoms with E-state index in [-0.39, 0.29) is 12.3 Å². The first-order valence-electron chi connectivity index (χ1n) is 6.88. The molecule has 21 heavy (non-hydrogen) atoms. The minimum absolute atomic E-state index is 0.165. The third-order valence-corrected chi connectivity index (χ3v) is 3.60. The van der Waals surface area contributed by atoms with Crippen LogP contribution in [0.15, 0.2) is 12.1 Å². The number of benzene rings is 1. The highest BCUT2D eigenvalue weighted by molar-refractivity contribution is 5.85. The van der Waals surface area contributed by atoms with Gasteiger partial charge in [-0.25, -0.2) is 4.79 Å². The van der Waals surface area contributed by atoms with Crippen molar-refractivity contribution in [3.8, 4) is 0 Å². The summed E-state index contributed by atoms with van der Waals surface area (Å²) in [6.45, 7) is 7.52. The van der Waals surface area contributed by atoms with Gasteiger partial charge in [-0.2, -0.15) is 0 Å². The van der Waals surface area contributed by atoms with E-state index in [1.165, 1.54) is 7.11 Å². The number of carboxylic acid groups (broad SMARTS) is 1. The first-order chi connectivity index (χ1) is 9.76. The Morgan fingerprint density at radius 1 is 1.24 bits per heavy atom. The third-order valence-electron chi connectivity index (χ3n) is 3.60. The highest BCUT2D eigenvalue weighted by atomic mass is 16.5. The number of methoxy groups -OCH3 is 1. The van der Waals surface area contributed by atoms with Crippen LogP contribution in [0.5, 0.6) is 0 Å². The van der Waals surface area contributed by atoms with E-state index in [9.17, 15) is 9.59 Å². The quantitative estimate of drug-likeness (QED) is 0.838. The van der Waals surface area contributed by atoms with Gasteiger partial charge >= 0.3 is 5.97 Å². The third kappa shape index (κ3) is 4.56. The molecule has 0 aromatic heterocycles. The lowest BCUT2D eigenvalue weighted by molar-refractivity contribution is -0.145. The molecule has 1 aromatic rings. The van der Waals surface area contributed by atoms with Gasteiger partial charge < -0.3 is 15.2 Å². The molecule has 5 heteroatoms. The summed E-state index contributed by atoms with van der Waals surface area (Å²) >= 11 is 0. The molecule has 0 aliphatic carbocycles. The molecule has 1 rings (SSSR count). The molecule has 0 saturated carbocycles. The Bertz CT molecular complexity index is 516. The van der Waals surface area contributed by atoms with Gasteiger partial charge in [0.1, 0.15) is 0 Å². The summed E-state index contributed by atoms with van der Waals surface area (Å²) in [6.07, 6.45) is -0.426. The number of amides is 1. The molecule has 2 N–H and O–H groups in total. The molecular weight excluding hydrogens is 270 g/mol. The molecule has 1 aromatic carbocycles. The average molecular weight is 293 g/mol. The van der Waals surface area contributed by atoms with E-state index in [1.54, 1.807) is 6.92 Å². The number of aliphatic carboxylic acids is 1. The van der Waals surface area contributed by atoms with Crippen molar-refractivity contribution in [2.45, 2.75) is 46.3 Å². The van der Waals surface area contributed by atoms with Crippen LogP contribution in [0.25, 0.3) is 0 Å². The Labute approximate surface area is 125 Å². The summed E-state index contributed by atoms with van der Waals surface area (Å²) in [5.41, 5.74) is 4.15. The molecule has 116 valence electrons. The average Bonchev–Trinajstić information content (AvgIpc) is 2.39. The predicted molar refractivity (Wildman–Crippen MR) is 80.4 cm³/mol. The molecule has 0 bridgehead atoms. The van der Waals surface area contributed by atoms with Crippen LogP contribution in [-0.4, -0.2) is 36.2 Å². The summed E-state index contributed by atoms with van der Waals surface area (Å²) in [6, 6.07) is 2.98. The van der Waals surface area contributed by atoms with Crippen molar-refractivity contribution in [1.82, 2.24) is 5.32 Å². The van der Waals surface area contributed by atoms with Crippen molar-refractivity contribution in [2.75, 3.05) is 7.11 Å². The van der Waals surface area contributed by atoms with E-state index < -0.39 is 18.1 Å². The lowest BCUT2D eigenvalue weighted by Gasteiger charge is -2.20. The van der Waals surface area contributed by atoms with Crippen molar-refractivity contribution in [3.05, 3.63) is 34.4 Å². The molecule has 0 radical (unpaired) electrons. The minimum Gasteiger partial charge on any atom is -0.480 e. The maximum atomic E-state index is 12.1. The first kappa shape index (κ1) is 17.2. The number of carboxylic acids is 1. The number of hydrogen-bond acceptors (Lipinski definition) is 3. The van der Waals surface area contributed by atoms with Crippen LogP contribution in [0.2, 0.25) is 0 Å². The van der Waals surface area contributed by atoms with Crippen LogP contribution in [0, 0.1) is 20.8 Å². The Hall–Kier alpha value is -1.88. The number of carbonyl (C=O) groups is 2. The molecule has 1 amide bonds. The predicted octanol–water partition coefficient (Wildman–Crippen LogP) is 1.76. The minimum atomic E-state index is -1.10. The van der Waals surface area contributed by atoms with Crippen molar-refractivity contribution in [3.63, 3.8) is 0 Å². The van der Waals surface area contributed by atoms with E-state index in [2.05, 4.69) is 5.32 Å². The SMILES string of the molecule is CO[C@H](C)[C@H](NC(=O)Cc1c(C)cc(C)cc1C)C(=O)O. The van der Waals surface area contributed by atoms with E-state index >= 15 is 0 Å². The zero-order valence-electron chi connectivity index (χ0n) is 13.2. The fraction of sp³-hybridized carbons (Fsp3) is 0.500. The van der Waals surface area contributed by atoms with Crippen LogP contribution in [0.1, 0.15) is 29.2 Å². The number of nitrogens with one attached hydrogen (secondary N) is 1. The molecule has 0 aliphatic heterocycles.